The van der Waals surface area contributed by atoms with Gasteiger partial charge in [-0.3, -0.25) is 4.79 Å². The first kappa shape index (κ1) is 13.4. The summed E-state index contributed by atoms with van der Waals surface area (Å²) in [7, 11) is 0. The second-order valence-corrected chi connectivity index (χ2v) is 5.37. The third-order valence-corrected chi connectivity index (χ3v) is 4.12. The molecule has 20 heavy (non-hydrogen) atoms. The number of hydrogen-bond acceptors (Lipinski definition) is 4. The van der Waals surface area contributed by atoms with Crippen LogP contribution in [-0.2, 0) is 9.53 Å². The van der Waals surface area contributed by atoms with Crippen molar-refractivity contribution in [3.8, 4) is 5.75 Å². The quantitative estimate of drug-likeness (QED) is 0.829. The second-order valence-electron chi connectivity index (χ2n) is 5.37. The lowest BCUT2D eigenvalue weighted by molar-refractivity contribution is -0.126. The Morgan fingerprint density at radius 3 is 3.00 bits per heavy atom. The molecule has 1 heterocycles. The molecule has 0 bridgehead atoms. The molecule has 3 rings (SSSR count). The maximum absolute atomic E-state index is 11.9. The zero-order chi connectivity index (χ0) is 13.9. The van der Waals surface area contributed by atoms with E-state index < -0.39 is 0 Å². The number of carbonyl (C=O) groups excluding carboxylic acids is 1. The second kappa shape index (κ2) is 5.81. The number of benzene rings is 1. The molecule has 3 N–H and O–H groups in total. The van der Waals surface area contributed by atoms with E-state index in [4.69, 9.17) is 15.2 Å². The van der Waals surface area contributed by atoms with Crippen molar-refractivity contribution in [2.75, 3.05) is 13.2 Å². The van der Waals surface area contributed by atoms with Gasteiger partial charge in [0.15, 0.2) is 0 Å². The minimum absolute atomic E-state index is 0.0292. The molecule has 2 aliphatic rings. The van der Waals surface area contributed by atoms with E-state index in [-0.39, 0.29) is 24.1 Å². The van der Waals surface area contributed by atoms with Crippen molar-refractivity contribution in [1.29, 1.82) is 0 Å². The van der Waals surface area contributed by atoms with Gasteiger partial charge in [0, 0.05) is 18.6 Å². The van der Waals surface area contributed by atoms with Gasteiger partial charge in [-0.25, -0.2) is 0 Å². The SMILES string of the molecule is NC1C2CCOC2C1NC(=O)CCOc1ccccc1. The van der Waals surface area contributed by atoms with Crippen LogP contribution in [0.25, 0.3) is 0 Å². The number of fused-ring (bicyclic) bond motifs is 1. The molecule has 1 aliphatic heterocycles. The monoisotopic (exact) mass is 276 g/mol. The lowest BCUT2D eigenvalue weighted by Crippen LogP contribution is -2.69. The predicted molar refractivity (Wildman–Crippen MR) is 74.3 cm³/mol. The van der Waals surface area contributed by atoms with E-state index in [1.165, 1.54) is 0 Å². The molecule has 108 valence electrons. The first-order valence-corrected chi connectivity index (χ1v) is 7.10. The zero-order valence-electron chi connectivity index (χ0n) is 11.3. The lowest BCUT2D eigenvalue weighted by Gasteiger charge is -2.45. The first-order chi connectivity index (χ1) is 9.75. The van der Waals surface area contributed by atoms with Crippen LogP contribution in [0, 0.1) is 5.92 Å². The van der Waals surface area contributed by atoms with Gasteiger partial charge in [0.1, 0.15) is 5.75 Å². The summed E-state index contributed by atoms with van der Waals surface area (Å²) in [6.07, 6.45) is 1.45. The Kier molecular flexibility index (Phi) is 3.89. The summed E-state index contributed by atoms with van der Waals surface area (Å²) in [6.45, 7) is 1.12. The molecule has 5 heteroatoms. The van der Waals surface area contributed by atoms with E-state index in [1.807, 2.05) is 30.3 Å². The number of ether oxygens (including phenoxy) is 2. The Hall–Kier alpha value is -1.59. The Morgan fingerprint density at radius 1 is 1.40 bits per heavy atom. The van der Waals surface area contributed by atoms with Crippen molar-refractivity contribution in [2.24, 2.45) is 11.7 Å². The molecule has 1 aromatic rings. The third-order valence-electron chi connectivity index (χ3n) is 4.12. The van der Waals surface area contributed by atoms with E-state index in [0.717, 1.165) is 18.8 Å². The van der Waals surface area contributed by atoms with Crippen molar-refractivity contribution in [1.82, 2.24) is 5.32 Å². The largest absolute Gasteiger partial charge is 0.493 e. The van der Waals surface area contributed by atoms with E-state index in [0.29, 0.717) is 18.9 Å². The lowest BCUT2D eigenvalue weighted by atomic mass is 9.72. The number of rotatable bonds is 5. The molecule has 5 nitrogen and oxygen atoms in total. The highest BCUT2D eigenvalue weighted by molar-refractivity contribution is 5.76. The predicted octanol–water partition coefficient (Wildman–Crippen LogP) is 0.686. The van der Waals surface area contributed by atoms with E-state index >= 15 is 0 Å². The van der Waals surface area contributed by atoms with Crippen LogP contribution in [0.5, 0.6) is 5.75 Å². The van der Waals surface area contributed by atoms with E-state index in [1.54, 1.807) is 0 Å². The van der Waals surface area contributed by atoms with Gasteiger partial charge < -0.3 is 20.5 Å². The standard InChI is InChI=1S/C15H20N2O3/c16-13-11-6-8-20-15(11)14(13)17-12(18)7-9-19-10-4-2-1-3-5-10/h1-5,11,13-15H,6-9,16H2,(H,17,18). The Balaban J connectivity index is 1.40. The zero-order valence-corrected chi connectivity index (χ0v) is 11.3. The van der Waals surface area contributed by atoms with Gasteiger partial charge in [0.25, 0.3) is 0 Å². The van der Waals surface area contributed by atoms with Crippen molar-refractivity contribution >= 4 is 5.91 Å². The number of nitrogens with two attached hydrogens (primary N) is 1. The molecule has 0 radical (unpaired) electrons. The van der Waals surface area contributed by atoms with Crippen molar-refractivity contribution < 1.29 is 14.3 Å². The number of hydrogen-bond donors (Lipinski definition) is 2. The van der Waals surface area contributed by atoms with Gasteiger partial charge in [-0.05, 0) is 18.6 Å². The highest BCUT2D eigenvalue weighted by atomic mass is 16.5. The summed E-state index contributed by atoms with van der Waals surface area (Å²) in [5, 5.41) is 2.95. The maximum Gasteiger partial charge on any atom is 0.223 e. The van der Waals surface area contributed by atoms with Crippen LogP contribution in [0.1, 0.15) is 12.8 Å². The molecule has 1 saturated carbocycles. The van der Waals surface area contributed by atoms with Gasteiger partial charge in [0.2, 0.25) is 5.91 Å². The van der Waals surface area contributed by atoms with Gasteiger partial charge >= 0.3 is 0 Å². The summed E-state index contributed by atoms with van der Waals surface area (Å²) < 4.78 is 11.1. The fourth-order valence-corrected chi connectivity index (χ4v) is 2.96. The molecular formula is C15H20N2O3. The van der Waals surface area contributed by atoms with Crippen molar-refractivity contribution in [3.63, 3.8) is 0 Å². The van der Waals surface area contributed by atoms with Crippen LogP contribution < -0.4 is 15.8 Å². The summed E-state index contributed by atoms with van der Waals surface area (Å²) >= 11 is 0. The summed E-state index contributed by atoms with van der Waals surface area (Å²) in [5.74, 6) is 1.16. The minimum atomic E-state index is -0.0354. The summed E-state index contributed by atoms with van der Waals surface area (Å²) in [6, 6.07) is 9.47. The van der Waals surface area contributed by atoms with Crippen LogP contribution in [0.4, 0.5) is 0 Å². The molecule has 4 unspecified atom stereocenters. The normalized spacial score (nSPS) is 31.2. The molecule has 1 aromatic carbocycles. The maximum atomic E-state index is 11.9. The highest BCUT2D eigenvalue weighted by Crippen LogP contribution is 2.37. The van der Waals surface area contributed by atoms with Gasteiger partial charge in [0.05, 0.1) is 25.2 Å². The summed E-state index contributed by atoms with van der Waals surface area (Å²) in [5.41, 5.74) is 6.05. The molecule has 0 spiro atoms. The molecule has 1 amide bonds. The fraction of sp³-hybridized carbons (Fsp3) is 0.533. The van der Waals surface area contributed by atoms with E-state index in [2.05, 4.69) is 5.32 Å². The fourth-order valence-electron chi connectivity index (χ4n) is 2.96. The first-order valence-electron chi connectivity index (χ1n) is 7.10. The number of amides is 1. The Morgan fingerprint density at radius 2 is 2.20 bits per heavy atom. The molecule has 2 fully saturated rings. The van der Waals surface area contributed by atoms with Crippen LogP contribution in [0.3, 0.4) is 0 Å². The van der Waals surface area contributed by atoms with Gasteiger partial charge in [-0.1, -0.05) is 18.2 Å². The minimum Gasteiger partial charge on any atom is -0.493 e. The molecular weight excluding hydrogens is 256 g/mol. The Bertz CT molecular complexity index is 465. The molecule has 1 aliphatic carbocycles. The third kappa shape index (κ3) is 2.64. The highest BCUT2D eigenvalue weighted by Gasteiger charge is 2.52. The molecule has 1 saturated heterocycles. The van der Waals surface area contributed by atoms with Crippen molar-refractivity contribution in [3.05, 3.63) is 30.3 Å². The average molecular weight is 276 g/mol. The smallest absolute Gasteiger partial charge is 0.223 e. The summed E-state index contributed by atoms with van der Waals surface area (Å²) in [4.78, 5) is 11.9. The Labute approximate surface area is 118 Å². The van der Waals surface area contributed by atoms with Gasteiger partial charge in [-0.15, -0.1) is 0 Å². The number of para-hydroxylation sites is 1. The molecule has 4 atom stereocenters. The van der Waals surface area contributed by atoms with Gasteiger partial charge in [-0.2, -0.15) is 0 Å². The molecule has 0 aromatic heterocycles. The average Bonchev–Trinajstić information content (AvgIpc) is 2.91. The van der Waals surface area contributed by atoms with Crippen LogP contribution in [0.15, 0.2) is 30.3 Å². The number of nitrogens with one attached hydrogen (secondary N) is 1. The van der Waals surface area contributed by atoms with Crippen LogP contribution >= 0.6 is 0 Å². The van der Waals surface area contributed by atoms with Crippen molar-refractivity contribution in [2.45, 2.75) is 31.0 Å². The topological polar surface area (TPSA) is 73.6 Å². The van der Waals surface area contributed by atoms with Crippen LogP contribution in [-0.4, -0.2) is 37.3 Å². The van der Waals surface area contributed by atoms with Crippen LogP contribution in [0.2, 0.25) is 0 Å². The van der Waals surface area contributed by atoms with E-state index in [9.17, 15) is 4.79 Å². The number of carbonyl (C=O) groups is 1.